The lowest BCUT2D eigenvalue weighted by Gasteiger charge is -2.38. The van der Waals surface area contributed by atoms with E-state index in [1.54, 1.807) is 0 Å². The van der Waals surface area contributed by atoms with Crippen molar-refractivity contribution in [2.75, 3.05) is 24.6 Å². The average molecular weight is 377 g/mol. The van der Waals surface area contributed by atoms with Crippen LogP contribution in [0.2, 0.25) is 0 Å². The van der Waals surface area contributed by atoms with E-state index in [0.29, 0.717) is 50.0 Å². The predicted molar refractivity (Wildman–Crippen MR) is 100 cm³/mol. The number of pyridine rings is 1. The number of nitrogens with zero attached hydrogens (tertiary/aromatic N) is 3. The van der Waals surface area contributed by atoms with Gasteiger partial charge in [0.15, 0.2) is 0 Å². The van der Waals surface area contributed by atoms with E-state index in [9.17, 15) is 14.9 Å². The number of rotatable bonds is 4. The molecule has 1 aromatic heterocycles. The van der Waals surface area contributed by atoms with Crippen molar-refractivity contribution in [1.29, 1.82) is 0 Å². The minimum absolute atomic E-state index is 0.00404. The summed E-state index contributed by atoms with van der Waals surface area (Å²) in [5, 5.41) is 11.6. The molecule has 0 N–H and O–H groups in total. The summed E-state index contributed by atoms with van der Waals surface area (Å²) in [5.74, 6) is 0.670. The third-order valence-corrected chi connectivity index (χ3v) is 4.82. The maximum atomic E-state index is 12.3. The molecule has 0 saturated carbocycles. The summed E-state index contributed by atoms with van der Waals surface area (Å²) in [7, 11) is 0. The Morgan fingerprint density at radius 1 is 1.44 bits per heavy atom. The predicted octanol–water partition coefficient (Wildman–Crippen LogP) is 3.12. The molecular formula is C19H27N3O5. The molecule has 1 saturated heterocycles. The van der Waals surface area contributed by atoms with Crippen molar-refractivity contribution in [2.45, 2.75) is 52.6 Å². The first-order valence-electron chi connectivity index (χ1n) is 9.40. The van der Waals surface area contributed by atoms with Crippen molar-refractivity contribution in [3.63, 3.8) is 0 Å². The Balaban J connectivity index is 1.84. The van der Waals surface area contributed by atoms with Crippen LogP contribution in [0.15, 0.2) is 6.20 Å². The summed E-state index contributed by atoms with van der Waals surface area (Å²) >= 11 is 0. The Bertz CT molecular complexity index is 744. The van der Waals surface area contributed by atoms with Crippen LogP contribution in [-0.4, -0.2) is 41.2 Å². The standard InChI is InChI=1S/C19H27N3O5/c1-12-7-13(8-16(23)27-19(2,3)4)11-21(10-12)17-14-5-6-26-18(14)20-9-15(17)22(24)25/h9,12-13H,5-8,10-11H2,1-4H3/t12-,13-/m1/s1. The molecule has 1 aromatic rings. The highest BCUT2D eigenvalue weighted by Crippen LogP contribution is 2.41. The first-order valence-corrected chi connectivity index (χ1v) is 9.40. The molecule has 0 spiro atoms. The molecule has 1 fully saturated rings. The zero-order chi connectivity index (χ0) is 19.8. The number of anilines is 1. The minimum Gasteiger partial charge on any atom is -0.477 e. The van der Waals surface area contributed by atoms with Gasteiger partial charge in [0.25, 0.3) is 0 Å². The lowest BCUT2D eigenvalue weighted by atomic mass is 9.87. The molecule has 2 atom stereocenters. The maximum absolute atomic E-state index is 12.3. The highest BCUT2D eigenvalue weighted by molar-refractivity contribution is 5.72. The van der Waals surface area contributed by atoms with E-state index in [0.717, 1.165) is 12.0 Å². The molecule has 0 unspecified atom stereocenters. The van der Waals surface area contributed by atoms with Gasteiger partial charge in [-0.25, -0.2) is 4.98 Å². The number of nitro groups is 1. The zero-order valence-electron chi connectivity index (χ0n) is 16.4. The number of hydrogen-bond acceptors (Lipinski definition) is 7. The van der Waals surface area contributed by atoms with E-state index in [2.05, 4.69) is 11.9 Å². The number of ether oxygens (including phenoxy) is 2. The van der Waals surface area contributed by atoms with Gasteiger partial charge >= 0.3 is 11.7 Å². The third kappa shape index (κ3) is 4.48. The quantitative estimate of drug-likeness (QED) is 0.452. The van der Waals surface area contributed by atoms with Crippen molar-refractivity contribution in [3.05, 3.63) is 21.9 Å². The van der Waals surface area contributed by atoms with Crippen LogP contribution in [0, 0.1) is 22.0 Å². The van der Waals surface area contributed by atoms with Crippen molar-refractivity contribution in [3.8, 4) is 5.88 Å². The molecule has 27 heavy (non-hydrogen) atoms. The van der Waals surface area contributed by atoms with Gasteiger partial charge in [0.1, 0.15) is 17.5 Å². The minimum atomic E-state index is -0.515. The van der Waals surface area contributed by atoms with Crippen LogP contribution in [0.4, 0.5) is 11.4 Å². The van der Waals surface area contributed by atoms with Crippen molar-refractivity contribution < 1.29 is 19.2 Å². The second-order valence-electron chi connectivity index (χ2n) is 8.53. The zero-order valence-corrected chi connectivity index (χ0v) is 16.4. The summed E-state index contributed by atoms with van der Waals surface area (Å²) in [6, 6.07) is 0. The van der Waals surface area contributed by atoms with Crippen LogP contribution < -0.4 is 9.64 Å². The Kier molecular flexibility index (Phi) is 5.26. The summed E-state index contributed by atoms with van der Waals surface area (Å²) < 4.78 is 11.0. The first kappa shape index (κ1) is 19.4. The monoisotopic (exact) mass is 377 g/mol. The SMILES string of the molecule is C[C@@H]1C[C@H](CC(=O)OC(C)(C)C)CN(c2c([N+](=O)[O-])cnc3c2CCO3)C1. The van der Waals surface area contributed by atoms with Gasteiger partial charge in [-0.15, -0.1) is 0 Å². The molecule has 148 valence electrons. The van der Waals surface area contributed by atoms with Gasteiger partial charge < -0.3 is 14.4 Å². The normalized spacial score (nSPS) is 22.1. The van der Waals surface area contributed by atoms with Gasteiger partial charge in [0.2, 0.25) is 5.88 Å². The molecule has 2 aliphatic rings. The number of esters is 1. The molecule has 3 rings (SSSR count). The van der Waals surface area contributed by atoms with Crippen LogP contribution in [0.25, 0.3) is 0 Å². The average Bonchev–Trinajstić information content (AvgIpc) is 2.99. The van der Waals surface area contributed by atoms with Crippen LogP contribution in [-0.2, 0) is 16.0 Å². The van der Waals surface area contributed by atoms with Crippen molar-refractivity contribution in [1.82, 2.24) is 4.98 Å². The summed E-state index contributed by atoms with van der Waals surface area (Å²) in [6.45, 7) is 9.45. The molecule has 2 aliphatic heterocycles. The van der Waals surface area contributed by atoms with Gasteiger partial charge in [0, 0.05) is 25.1 Å². The van der Waals surface area contributed by atoms with Gasteiger partial charge in [-0.05, 0) is 39.0 Å². The van der Waals surface area contributed by atoms with Crippen LogP contribution in [0.5, 0.6) is 5.88 Å². The number of carbonyl (C=O) groups excluding carboxylic acids is 1. The van der Waals surface area contributed by atoms with E-state index in [-0.39, 0.29) is 22.5 Å². The molecule has 8 heteroatoms. The Morgan fingerprint density at radius 2 is 2.19 bits per heavy atom. The number of piperidine rings is 1. The van der Waals surface area contributed by atoms with Gasteiger partial charge in [-0.1, -0.05) is 6.92 Å². The first-order chi connectivity index (χ1) is 12.6. The van der Waals surface area contributed by atoms with E-state index in [4.69, 9.17) is 9.47 Å². The van der Waals surface area contributed by atoms with E-state index >= 15 is 0 Å². The summed E-state index contributed by atoms with van der Waals surface area (Å²) in [4.78, 5) is 29.6. The molecule has 8 nitrogen and oxygen atoms in total. The molecule has 3 heterocycles. The summed E-state index contributed by atoms with van der Waals surface area (Å²) in [6.07, 6.45) is 3.10. The second kappa shape index (κ2) is 7.32. The summed E-state index contributed by atoms with van der Waals surface area (Å²) in [5.41, 5.74) is 0.890. The lowest BCUT2D eigenvalue weighted by Crippen LogP contribution is -2.41. The van der Waals surface area contributed by atoms with E-state index in [1.165, 1.54) is 6.20 Å². The fraction of sp³-hybridized carbons (Fsp3) is 0.684. The number of aromatic nitrogens is 1. The Labute approximate surface area is 159 Å². The highest BCUT2D eigenvalue weighted by Gasteiger charge is 2.35. The van der Waals surface area contributed by atoms with Crippen LogP contribution in [0.3, 0.4) is 0 Å². The number of hydrogen-bond donors (Lipinski definition) is 0. The molecular weight excluding hydrogens is 350 g/mol. The van der Waals surface area contributed by atoms with Crippen molar-refractivity contribution >= 4 is 17.3 Å². The van der Waals surface area contributed by atoms with E-state index < -0.39 is 5.60 Å². The Morgan fingerprint density at radius 3 is 2.85 bits per heavy atom. The molecule has 0 bridgehead atoms. The molecule has 0 amide bonds. The molecule has 0 aliphatic carbocycles. The van der Waals surface area contributed by atoms with Gasteiger partial charge in [0.05, 0.1) is 18.0 Å². The molecule has 0 aromatic carbocycles. The van der Waals surface area contributed by atoms with E-state index in [1.807, 2.05) is 25.7 Å². The number of fused-ring (bicyclic) bond motifs is 1. The topological polar surface area (TPSA) is 94.8 Å². The van der Waals surface area contributed by atoms with Crippen LogP contribution in [0.1, 0.15) is 46.1 Å². The van der Waals surface area contributed by atoms with Gasteiger partial charge in [-0.2, -0.15) is 0 Å². The fourth-order valence-electron chi connectivity index (χ4n) is 4.03. The van der Waals surface area contributed by atoms with Gasteiger partial charge in [-0.3, -0.25) is 14.9 Å². The lowest BCUT2D eigenvalue weighted by molar-refractivity contribution is -0.384. The fourth-order valence-corrected chi connectivity index (χ4v) is 4.03. The smallest absolute Gasteiger partial charge is 0.311 e. The largest absolute Gasteiger partial charge is 0.477 e. The second-order valence-corrected chi connectivity index (χ2v) is 8.53. The Hall–Kier alpha value is -2.38. The van der Waals surface area contributed by atoms with Crippen LogP contribution >= 0.6 is 0 Å². The maximum Gasteiger partial charge on any atom is 0.311 e. The third-order valence-electron chi connectivity index (χ3n) is 4.82. The van der Waals surface area contributed by atoms with Crippen molar-refractivity contribution in [2.24, 2.45) is 11.8 Å². The number of carbonyl (C=O) groups is 1. The molecule has 0 radical (unpaired) electrons. The highest BCUT2D eigenvalue weighted by atomic mass is 16.6.